The quantitative estimate of drug-likeness (QED) is 0.733. The number of nitrogens with zero attached hydrogens (tertiary/aromatic N) is 2. The minimum atomic E-state index is -0.560. The lowest BCUT2D eigenvalue weighted by atomic mass is 9.99. The first kappa shape index (κ1) is 15.6. The summed E-state index contributed by atoms with van der Waals surface area (Å²) in [4.78, 5) is 16.5. The van der Waals surface area contributed by atoms with Crippen LogP contribution in [0.5, 0.6) is 0 Å². The summed E-state index contributed by atoms with van der Waals surface area (Å²) in [5.41, 5.74) is 1.03. The van der Waals surface area contributed by atoms with Gasteiger partial charge in [-0.2, -0.15) is 16.7 Å². The number of hydrogen-bond acceptors (Lipinski definition) is 6. The normalized spacial score (nSPS) is 12.1. The van der Waals surface area contributed by atoms with Crippen LogP contribution in [-0.4, -0.2) is 29.0 Å². The Morgan fingerprint density at radius 3 is 2.81 bits per heavy atom. The molecule has 0 radical (unpaired) electrons. The molecular formula is C15H18N2O3S. The molecule has 1 aromatic carbocycles. The van der Waals surface area contributed by atoms with Crippen molar-refractivity contribution in [2.45, 2.75) is 25.0 Å². The highest BCUT2D eigenvalue weighted by Crippen LogP contribution is 2.22. The van der Waals surface area contributed by atoms with E-state index in [4.69, 9.17) is 9.26 Å². The molecule has 0 fully saturated rings. The third-order valence-corrected chi connectivity index (χ3v) is 3.46. The fraction of sp³-hybridized carbons (Fsp3) is 0.400. The van der Waals surface area contributed by atoms with Crippen LogP contribution in [0.25, 0.3) is 0 Å². The predicted molar refractivity (Wildman–Crippen MR) is 81.0 cm³/mol. The Morgan fingerprint density at radius 2 is 2.14 bits per heavy atom. The van der Waals surface area contributed by atoms with Crippen LogP contribution in [0.15, 0.2) is 34.9 Å². The second kappa shape index (κ2) is 7.83. The van der Waals surface area contributed by atoms with Crippen molar-refractivity contribution in [3.8, 4) is 0 Å². The summed E-state index contributed by atoms with van der Waals surface area (Å²) in [6.07, 6.45) is 2.45. The average Bonchev–Trinajstić information content (AvgIpc) is 2.95. The molecule has 2 aromatic rings. The number of benzene rings is 1. The molecule has 0 saturated heterocycles. The minimum absolute atomic E-state index is 0.321. The van der Waals surface area contributed by atoms with Crippen molar-refractivity contribution in [3.63, 3.8) is 0 Å². The van der Waals surface area contributed by atoms with Gasteiger partial charge in [0, 0.05) is 0 Å². The van der Waals surface area contributed by atoms with Crippen LogP contribution in [0.2, 0.25) is 0 Å². The molecule has 0 aliphatic rings. The van der Waals surface area contributed by atoms with Gasteiger partial charge in [-0.25, -0.2) is 0 Å². The van der Waals surface area contributed by atoms with Crippen LogP contribution in [0.1, 0.15) is 30.1 Å². The number of esters is 1. The topological polar surface area (TPSA) is 65.2 Å². The zero-order valence-corrected chi connectivity index (χ0v) is 12.9. The van der Waals surface area contributed by atoms with E-state index in [0.29, 0.717) is 30.5 Å². The molecule has 2 rings (SSSR count). The van der Waals surface area contributed by atoms with Crippen molar-refractivity contribution >= 4 is 17.7 Å². The highest BCUT2D eigenvalue weighted by molar-refractivity contribution is 7.97. The molecule has 0 bridgehead atoms. The van der Waals surface area contributed by atoms with Gasteiger partial charge in [0.1, 0.15) is 5.92 Å². The lowest BCUT2D eigenvalue weighted by molar-refractivity contribution is -0.145. The van der Waals surface area contributed by atoms with Crippen LogP contribution in [0.3, 0.4) is 0 Å². The van der Waals surface area contributed by atoms with Gasteiger partial charge in [0.2, 0.25) is 5.89 Å². The highest BCUT2D eigenvalue weighted by atomic mass is 32.2. The van der Waals surface area contributed by atoms with Gasteiger partial charge in [-0.05, 0) is 25.2 Å². The van der Waals surface area contributed by atoms with Gasteiger partial charge in [-0.1, -0.05) is 35.5 Å². The monoisotopic (exact) mass is 306 g/mol. The van der Waals surface area contributed by atoms with Crippen LogP contribution in [-0.2, 0) is 21.7 Å². The first-order chi connectivity index (χ1) is 10.2. The number of hydrogen-bond donors (Lipinski definition) is 0. The Morgan fingerprint density at radius 1 is 1.38 bits per heavy atom. The zero-order valence-electron chi connectivity index (χ0n) is 12.1. The summed E-state index contributed by atoms with van der Waals surface area (Å²) in [6.45, 7) is 2.11. The van der Waals surface area contributed by atoms with Crippen molar-refractivity contribution in [1.29, 1.82) is 0 Å². The van der Waals surface area contributed by atoms with Crippen molar-refractivity contribution in [1.82, 2.24) is 10.1 Å². The first-order valence-electron chi connectivity index (χ1n) is 6.76. The maximum absolute atomic E-state index is 12.2. The molecule has 0 spiro atoms. The summed E-state index contributed by atoms with van der Waals surface area (Å²) in [5.74, 6) is 0.682. The van der Waals surface area contributed by atoms with Gasteiger partial charge in [-0.3, -0.25) is 4.79 Å². The maximum atomic E-state index is 12.2. The molecule has 1 atom stereocenters. The van der Waals surface area contributed by atoms with Gasteiger partial charge in [0.05, 0.1) is 12.4 Å². The lowest BCUT2D eigenvalue weighted by Gasteiger charge is -2.11. The molecule has 0 saturated carbocycles. The number of ether oxygens (including phenoxy) is 1. The molecule has 1 heterocycles. The molecule has 1 aromatic heterocycles. The Hall–Kier alpha value is -1.82. The molecule has 5 nitrogen and oxygen atoms in total. The molecule has 0 aliphatic carbocycles. The van der Waals surface area contributed by atoms with E-state index in [-0.39, 0.29) is 5.97 Å². The number of thioether (sulfide) groups is 1. The van der Waals surface area contributed by atoms with Gasteiger partial charge in [0.25, 0.3) is 0 Å². The van der Waals surface area contributed by atoms with E-state index in [9.17, 15) is 4.79 Å². The second-order valence-corrected chi connectivity index (χ2v) is 5.34. The molecule has 0 N–H and O–H groups in total. The summed E-state index contributed by atoms with van der Waals surface area (Å²) in [5, 5.41) is 3.90. The lowest BCUT2D eigenvalue weighted by Crippen LogP contribution is -2.18. The largest absolute Gasteiger partial charge is 0.465 e. The number of carbonyl (C=O) groups is 1. The highest BCUT2D eigenvalue weighted by Gasteiger charge is 2.28. The van der Waals surface area contributed by atoms with Crippen LogP contribution in [0.4, 0.5) is 0 Å². The third kappa shape index (κ3) is 4.32. The molecule has 21 heavy (non-hydrogen) atoms. The van der Waals surface area contributed by atoms with Crippen molar-refractivity contribution in [2.24, 2.45) is 0 Å². The second-order valence-electron chi connectivity index (χ2n) is 4.48. The molecule has 112 valence electrons. The summed E-state index contributed by atoms with van der Waals surface area (Å²) >= 11 is 1.60. The summed E-state index contributed by atoms with van der Waals surface area (Å²) in [6, 6.07) is 9.73. The SMILES string of the molecule is CCOC(=O)C(Cc1ccccc1)c1nc(CSC)no1. The molecule has 0 amide bonds. The molecule has 6 heteroatoms. The van der Waals surface area contributed by atoms with Gasteiger partial charge in [0.15, 0.2) is 5.82 Å². The van der Waals surface area contributed by atoms with E-state index in [2.05, 4.69) is 10.1 Å². The fourth-order valence-electron chi connectivity index (χ4n) is 1.96. The van der Waals surface area contributed by atoms with Crippen LogP contribution in [0, 0.1) is 0 Å². The summed E-state index contributed by atoms with van der Waals surface area (Å²) < 4.78 is 10.4. The van der Waals surface area contributed by atoms with E-state index in [1.54, 1.807) is 18.7 Å². The van der Waals surface area contributed by atoms with Crippen molar-refractivity contribution in [2.75, 3.05) is 12.9 Å². The number of carbonyl (C=O) groups excluding carboxylic acids is 1. The molecular weight excluding hydrogens is 288 g/mol. The van der Waals surface area contributed by atoms with Crippen LogP contribution >= 0.6 is 11.8 Å². The fourth-order valence-corrected chi connectivity index (χ4v) is 2.34. The smallest absolute Gasteiger partial charge is 0.318 e. The third-order valence-electron chi connectivity index (χ3n) is 2.91. The molecule has 0 aliphatic heterocycles. The number of aromatic nitrogens is 2. The van der Waals surface area contributed by atoms with Gasteiger partial charge >= 0.3 is 5.97 Å². The first-order valence-corrected chi connectivity index (χ1v) is 8.16. The van der Waals surface area contributed by atoms with Gasteiger partial charge in [-0.15, -0.1) is 0 Å². The van der Waals surface area contributed by atoms with E-state index in [1.807, 2.05) is 36.6 Å². The maximum Gasteiger partial charge on any atom is 0.318 e. The van der Waals surface area contributed by atoms with E-state index >= 15 is 0 Å². The Balaban J connectivity index is 2.20. The minimum Gasteiger partial charge on any atom is -0.465 e. The van der Waals surface area contributed by atoms with E-state index in [1.165, 1.54) is 0 Å². The Kier molecular flexibility index (Phi) is 5.80. The number of rotatable bonds is 7. The zero-order chi connectivity index (χ0) is 15.1. The average molecular weight is 306 g/mol. The standard InChI is InChI=1S/C15H18N2O3S/c1-3-19-15(18)12(9-11-7-5-4-6-8-11)14-16-13(10-21-2)17-20-14/h4-8,12H,3,9-10H2,1-2H3. The van der Waals surface area contributed by atoms with Crippen molar-refractivity contribution < 1.29 is 14.1 Å². The Bertz CT molecular complexity index is 571. The van der Waals surface area contributed by atoms with Crippen molar-refractivity contribution in [3.05, 3.63) is 47.6 Å². The summed E-state index contributed by atoms with van der Waals surface area (Å²) in [7, 11) is 0. The predicted octanol–water partition coefficient (Wildman–Crippen LogP) is 2.82. The van der Waals surface area contributed by atoms with E-state index < -0.39 is 5.92 Å². The Labute approximate surface area is 128 Å². The molecule has 1 unspecified atom stereocenters. The van der Waals surface area contributed by atoms with Gasteiger partial charge < -0.3 is 9.26 Å². The van der Waals surface area contributed by atoms with Crippen LogP contribution < -0.4 is 0 Å². The van der Waals surface area contributed by atoms with E-state index in [0.717, 1.165) is 5.56 Å².